The summed E-state index contributed by atoms with van der Waals surface area (Å²) in [6.07, 6.45) is 0.0972. The van der Waals surface area contributed by atoms with Gasteiger partial charge >= 0.3 is 10.2 Å². The van der Waals surface area contributed by atoms with E-state index in [-0.39, 0.29) is 12.3 Å². The van der Waals surface area contributed by atoms with Crippen molar-refractivity contribution in [2.45, 2.75) is 26.8 Å². The predicted molar refractivity (Wildman–Crippen MR) is 70.0 cm³/mol. The molecule has 2 rings (SSSR count). The molecule has 1 unspecified atom stereocenters. The zero-order valence-corrected chi connectivity index (χ0v) is 12.4. The fraction of sp³-hybridized carbons (Fsp3) is 0.636. The maximum atomic E-state index is 12.6. The Morgan fingerprint density at radius 1 is 1.47 bits per heavy atom. The number of rotatable bonds is 4. The summed E-state index contributed by atoms with van der Waals surface area (Å²) in [6.45, 7) is 4.49. The van der Waals surface area contributed by atoms with Crippen LogP contribution >= 0.6 is 11.3 Å². The lowest BCUT2D eigenvalue weighted by molar-refractivity contribution is -0.128. The van der Waals surface area contributed by atoms with Crippen LogP contribution in [-0.4, -0.2) is 36.5 Å². The van der Waals surface area contributed by atoms with Gasteiger partial charge in [0.25, 0.3) is 0 Å². The van der Waals surface area contributed by atoms with E-state index >= 15 is 0 Å². The molecule has 0 saturated carbocycles. The lowest BCUT2D eigenvalue weighted by Crippen LogP contribution is -2.25. The second-order valence-corrected chi connectivity index (χ2v) is 7.49. The monoisotopic (exact) mass is 306 g/mol. The van der Waals surface area contributed by atoms with E-state index in [9.17, 15) is 17.1 Å². The van der Waals surface area contributed by atoms with E-state index in [2.05, 4.69) is 4.98 Å². The van der Waals surface area contributed by atoms with Gasteiger partial charge in [-0.2, -0.15) is 8.42 Å². The summed E-state index contributed by atoms with van der Waals surface area (Å²) < 4.78 is 33.8. The second-order valence-electron chi connectivity index (χ2n) is 4.79. The summed E-state index contributed by atoms with van der Waals surface area (Å²) in [6, 6.07) is 0. The molecule has 8 heteroatoms. The molecule has 1 fully saturated rings. The van der Waals surface area contributed by atoms with Crippen molar-refractivity contribution < 1.29 is 17.1 Å². The van der Waals surface area contributed by atoms with Crippen LogP contribution < -0.4 is 0 Å². The average Bonchev–Trinajstić information content (AvgIpc) is 2.69. The first kappa shape index (κ1) is 14.4. The zero-order valence-electron chi connectivity index (χ0n) is 10.7. The summed E-state index contributed by atoms with van der Waals surface area (Å²) in [5.74, 6) is -1.15. The number of aromatic nitrogens is 1. The summed E-state index contributed by atoms with van der Waals surface area (Å²) in [5.41, 5.74) is 0.886. The van der Waals surface area contributed by atoms with E-state index in [0.717, 1.165) is 15.6 Å². The van der Waals surface area contributed by atoms with Gasteiger partial charge in [0, 0.05) is 23.8 Å². The zero-order chi connectivity index (χ0) is 14.2. The molecule has 0 aliphatic carbocycles. The number of hydrogen-bond acceptors (Lipinski definition) is 5. The molecule has 0 spiro atoms. The number of carbonyl (C=O) groups is 1. The largest absolute Gasteiger partial charge is 0.337 e. The molecule has 1 amide bonds. The molecule has 2 heterocycles. The van der Waals surface area contributed by atoms with Crippen molar-refractivity contribution in [3.8, 4) is 0 Å². The molecule has 106 valence electrons. The van der Waals surface area contributed by atoms with Crippen LogP contribution in [0.1, 0.15) is 22.0 Å². The van der Waals surface area contributed by atoms with Crippen molar-refractivity contribution in [3.05, 3.63) is 15.6 Å². The van der Waals surface area contributed by atoms with Crippen molar-refractivity contribution in [2.24, 2.45) is 5.92 Å². The van der Waals surface area contributed by atoms with Gasteiger partial charge in [0.1, 0.15) is 0 Å². The standard InChI is InChI=1S/C11H15FN2O3S2/c1-7-10(18-8(2)13-7)5-14-4-9(3-11(14)15)6-19(12,16)17/h9H,3-6H2,1-2H3. The Morgan fingerprint density at radius 2 is 2.16 bits per heavy atom. The summed E-state index contributed by atoms with van der Waals surface area (Å²) in [4.78, 5) is 18.6. The maximum absolute atomic E-state index is 12.6. The Morgan fingerprint density at radius 3 is 2.68 bits per heavy atom. The van der Waals surface area contributed by atoms with E-state index in [4.69, 9.17) is 0 Å². The lowest BCUT2D eigenvalue weighted by atomic mass is 10.1. The molecule has 1 aromatic rings. The smallest absolute Gasteiger partial charge is 0.302 e. The van der Waals surface area contributed by atoms with Gasteiger partial charge in [0.05, 0.1) is 23.0 Å². The minimum Gasteiger partial charge on any atom is -0.337 e. The third kappa shape index (κ3) is 3.73. The Bertz CT molecular complexity index is 597. The molecule has 19 heavy (non-hydrogen) atoms. The summed E-state index contributed by atoms with van der Waals surface area (Å²) >= 11 is 1.52. The highest BCUT2D eigenvalue weighted by atomic mass is 32.3. The Hall–Kier alpha value is -1.02. The van der Waals surface area contributed by atoms with Crippen LogP contribution in [0.3, 0.4) is 0 Å². The minimum atomic E-state index is -4.52. The van der Waals surface area contributed by atoms with Gasteiger partial charge in [-0.05, 0) is 13.8 Å². The SMILES string of the molecule is Cc1nc(C)c(CN2CC(CS(=O)(=O)F)CC2=O)s1. The quantitative estimate of drug-likeness (QED) is 0.789. The second kappa shape index (κ2) is 5.16. The van der Waals surface area contributed by atoms with Crippen LogP contribution in [0, 0.1) is 19.8 Å². The summed E-state index contributed by atoms with van der Waals surface area (Å²) in [5, 5.41) is 0.932. The maximum Gasteiger partial charge on any atom is 0.302 e. The topological polar surface area (TPSA) is 67.3 Å². The first-order valence-electron chi connectivity index (χ1n) is 5.87. The molecule has 1 atom stereocenters. The number of likely N-dealkylation sites (tertiary alicyclic amines) is 1. The first-order valence-corrected chi connectivity index (χ1v) is 8.24. The number of aryl methyl sites for hydroxylation is 2. The van der Waals surface area contributed by atoms with Crippen molar-refractivity contribution in [3.63, 3.8) is 0 Å². The van der Waals surface area contributed by atoms with E-state index in [0.29, 0.717) is 13.1 Å². The van der Waals surface area contributed by atoms with Gasteiger partial charge in [0.15, 0.2) is 0 Å². The number of carbonyl (C=O) groups excluding carboxylic acids is 1. The fourth-order valence-electron chi connectivity index (χ4n) is 2.29. The molecule has 5 nitrogen and oxygen atoms in total. The third-order valence-electron chi connectivity index (χ3n) is 3.06. The molecule has 0 bridgehead atoms. The van der Waals surface area contributed by atoms with Crippen molar-refractivity contribution in [1.82, 2.24) is 9.88 Å². The van der Waals surface area contributed by atoms with E-state index < -0.39 is 21.9 Å². The highest BCUT2D eigenvalue weighted by Gasteiger charge is 2.33. The van der Waals surface area contributed by atoms with Crippen molar-refractivity contribution in [1.29, 1.82) is 0 Å². The molecule has 0 radical (unpaired) electrons. The van der Waals surface area contributed by atoms with Gasteiger partial charge < -0.3 is 4.90 Å². The number of halogens is 1. The van der Waals surface area contributed by atoms with Crippen molar-refractivity contribution >= 4 is 27.5 Å². The van der Waals surface area contributed by atoms with Gasteiger partial charge in [-0.1, -0.05) is 0 Å². The molecule has 1 saturated heterocycles. The number of amides is 1. The fourth-order valence-corrected chi connectivity index (χ4v) is 4.03. The normalized spacial score (nSPS) is 20.3. The van der Waals surface area contributed by atoms with E-state index in [1.807, 2.05) is 13.8 Å². The highest BCUT2D eigenvalue weighted by Crippen LogP contribution is 2.25. The van der Waals surface area contributed by atoms with Crippen LogP contribution in [0.25, 0.3) is 0 Å². The van der Waals surface area contributed by atoms with Gasteiger partial charge in [-0.15, -0.1) is 15.2 Å². The predicted octanol–water partition coefficient (Wildman–Crippen LogP) is 1.41. The van der Waals surface area contributed by atoms with Crippen LogP contribution in [0.15, 0.2) is 0 Å². The number of nitrogens with zero attached hydrogens (tertiary/aromatic N) is 2. The molecular formula is C11H15FN2O3S2. The first-order chi connectivity index (χ1) is 8.74. The van der Waals surface area contributed by atoms with Crippen LogP contribution in [0.5, 0.6) is 0 Å². The molecule has 0 N–H and O–H groups in total. The number of thiazole rings is 1. The van der Waals surface area contributed by atoms with Crippen molar-refractivity contribution in [2.75, 3.05) is 12.3 Å². The van der Waals surface area contributed by atoms with Gasteiger partial charge in [-0.25, -0.2) is 4.98 Å². The highest BCUT2D eigenvalue weighted by molar-refractivity contribution is 7.86. The van der Waals surface area contributed by atoms with Crippen LogP contribution in [-0.2, 0) is 21.6 Å². The lowest BCUT2D eigenvalue weighted by Gasteiger charge is -2.15. The molecular weight excluding hydrogens is 291 g/mol. The Labute approximate surface area is 115 Å². The average molecular weight is 306 g/mol. The third-order valence-corrected chi connectivity index (χ3v) is 4.99. The van der Waals surface area contributed by atoms with Crippen LogP contribution in [0.2, 0.25) is 0 Å². The van der Waals surface area contributed by atoms with Gasteiger partial charge in [0.2, 0.25) is 5.91 Å². The Balaban J connectivity index is 2.03. The van der Waals surface area contributed by atoms with Gasteiger partial charge in [-0.3, -0.25) is 4.79 Å². The van der Waals surface area contributed by atoms with E-state index in [1.165, 1.54) is 11.3 Å². The molecule has 1 aromatic heterocycles. The molecule has 0 aromatic carbocycles. The van der Waals surface area contributed by atoms with Crippen LogP contribution in [0.4, 0.5) is 3.89 Å². The molecule has 1 aliphatic heterocycles. The molecule has 1 aliphatic rings. The minimum absolute atomic E-state index is 0.0972. The Kier molecular flexibility index (Phi) is 3.91. The summed E-state index contributed by atoms with van der Waals surface area (Å²) in [7, 11) is -4.52. The van der Waals surface area contributed by atoms with E-state index in [1.54, 1.807) is 4.90 Å². The number of hydrogen-bond donors (Lipinski definition) is 0.